The average Bonchev–Trinajstić information content (AvgIpc) is 3.16. The number of aromatic amines is 1. The Hall–Kier alpha value is -2.59. The smallest absolute Gasteiger partial charge is 0.248 e. The van der Waals surface area contributed by atoms with Crippen LogP contribution < -0.4 is 5.32 Å². The topological polar surface area (TPSA) is 91.0 Å². The lowest BCUT2D eigenvalue weighted by atomic mass is 9.88. The van der Waals surface area contributed by atoms with Gasteiger partial charge in [0.15, 0.2) is 4.90 Å². The van der Waals surface area contributed by atoms with Crippen LogP contribution in [0.2, 0.25) is 0 Å². The molecule has 0 spiro atoms. The Kier molecular flexibility index (Phi) is 5.22. The molecule has 10 heteroatoms. The molecule has 0 amide bonds. The van der Waals surface area contributed by atoms with Crippen molar-refractivity contribution in [2.24, 2.45) is 11.8 Å². The molecule has 29 heavy (non-hydrogen) atoms. The second-order valence-electron chi connectivity index (χ2n) is 7.28. The van der Waals surface area contributed by atoms with Crippen LogP contribution in [0.3, 0.4) is 0 Å². The molecule has 1 aliphatic rings. The van der Waals surface area contributed by atoms with Crippen LogP contribution in [0.25, 0.3) is 11.0 Å². The molecule has 2 atom stereocenters. The highest BCUT2D eigenvalue weighted by Crippen LogP contribution is 2.30. The van der Waals surface area contributed by atoms with Gasteiger partial charge in [0, 0.05) is 25.8 Å². The van der Waals surface area contributed by atoms with E-state index in [0.29, 0.717) is 24.4 Å². The number of hydrogen-bond donors (Lipinski definition) is 2. The normalized spacial score (nSPS) is 20.8. The summed E-state index contributed by atoms with van der Waals surface area (Å²) in [7, 11) is -4.26. The molecule has 3 aromatic rings. The maximum Gasteiger partial charge on any atom is 0.248 e. The third kappa shape index (κ3) is 3.69. The lowest BCUT2D eigenvalue weighted by Crippen LogP contribution is -2.45. The number of nitrogens with one attached hydrogen (secondary N) is 2. The Morgan fingerprint density at radius 3 is 2.76 bits per heavy atom. The maximum absolute atomic E-state index is 14.1. The summed E-state index contributed by atoms with van der Waals surface area (Å²) in [6.45, 7) is 2.92. The van der Waals surface area contributed by atoms with E-state index in [1.165, 1.54) is 10.6 Å². The molecule has 2 unspecified atom stereocenters. The Morgan fingerprint density at radius 2 is 2.00 bits per heavy atom. The molecule has 4 rings (SSSR count). The Bertz CT molecular complexity index is 1110. The van der Waals surface area contributed by atoms with E-state index in [0.717, 1.165) is 23.6 Å². The zero-order valence-electron chi connectivity index (χ0n) is 15.8. The van der Waals surface area contributed by atoms with E-state index in [1.807, 2.05) is 13.0 Å². The van der Waals surface area contributed by atoms with E-state index < -0.39 is 26.6 Å². The van der Waals surface area contributed by atoms with Gasteiger partial charge in [-0.25, -0.2) is 27.2 Å². The average molecular weight is 421 g/mol. The number of sulfonamides is 1. The molecule has 1 fully saturated rings. The maximum atomic E-state index is 14.1. The van der Waals surface area contributed by atoms with E-state index >= 15 is 0 Å². The first-order valence-corrected chi connectivity index (χ1v) is 10.8. The minimum atomic E-state index is -4.26. The fourth-order valence-corrected chi connectivity index (χ4v) is 5.32. The molecule has 2 N–H and O–H groups in total. The molecule has 154 valence electrons. The monoisotopic (exact) mass is 421 g/mol. The molecule has 3 heterocycles. The minimum absolute atomic E-state index is 0.0442. The van der Waals surface area contributed by atoms with Crippen LogP contribution in [0, 0.1) is 23.5 Å². The molecule has 0 radical (unpaired) electrons. The Morgan fingerprint density at radius 1 is 1.24 bits per heavy atom. The molecule has 0 bridgehead atoms. The zero-order chi connectivity index (χ0) is 20.6. The lowest BCUT2D eigenvalue weighted by molar-refractivity contribution is 0.206. The summed E-state index contributed by atoms with van der Waals surface area (Å²) >= 11 is 0. The van der Waals surface area contributed by atoms with E-state index in [-0.39, 0.29) is 24.9 Å². The molecule has 1 aliphatic heterocycles. The van der Waals surface area contributed by atoms with Crippen LogP contribution >= 0.6 is 0 Å². The molecule has 1 saturated heterocycles. The van der Waals surface area contributed by atoms with Crippen LogP contribution in [0.5, 0.6) is 0 Å². The first kappa shape index (κ1) is 19.7. The van der Waals surface area contributed by atoms with E-state index in [1.54, 1.807) is 6.20 Å². The van der Waals surface area contributed by atoms with Gasteiger partial charge in [0.05, 0.1) is 5.39 Å². The van der Waals surface area contributed by atoms with Crippen LogP contribution in [0.15, 0.2) is 41.7 Å². The number of rotatable bonds is 5. The molecule has 2 aromatic heterocycles. The largest absolute Gasteiger partial charge is 0.369 e. The number of anilines is 1. The second kappa shape index (κ2) is 7.68. The summed E-state index contributed by atoms with van der Waals surface area (Å²) in [5.41, 5.74) is 0.707. The summed E-state index contributed by atoms with van der Waals surface area (Å²) in [6, 6.07) is 4.93. The highest BCUT2D eigenvalue weighted by molar-refractivity contribution is 7.89. The van der Waals surface area contributed by atoms with Crippen molar-refractivity contribution in [1.82, 2.24) is 19.3 Å². The number of hydrogen-bond acceptors (Lipinski definition) is 5. The van der Waals surface area contributed by atoms with Crippen LogP contribution in [0.1, 0.15) is 13.3 Å². The number of H-pyrrole nitrogens is 1. The highest BCUT2D eigenvalue weighted by atomic mass is 32.2. The molecular weight excluding hydrogens is 400 g/mol. The number of nitrogens with zero attached hydrogens (tertiary/aromatic N) is 3. The second-order valence-corrected chi connectivity index (χ2v) is 9.16. The van der Waals surface area contributed by atoms with Crippen molar-refractivity contribution in [3.8, 4) is 0 Å². The highest BCUT2D eigenvalue weighted by Gasteiger charge is 2.36. The third-order valence-electron chi connectivity index (χ3n) is 5.48. The predicted octanol–water partition coefficient (Wildman–Crippen LogP) is 2.99. The summed E-state index contributed by atoms with van der Waals surface area (Å²) in [5.74, 6) is -1.30. The third-order valence-corrected chi connectivity index (χ3v) is 7.40. The summed E-state index contributed by atoms with van der Waals surface area (Å²) in [6.07, 6.45) is 3.82. The van der Waals surface area contributed by atoms with Gasteiger partial charge < -0.3 is 10.3 Å². The summed E-state index contributed by atoms with van der Waals surface area (Å²) < 4.78 is 55.1. The standard InChI is InChI=1S/C19H21F2N5O2S/c1-12-6-8-26(29(27,28)17-15(20)3-2-4-16(17)21)10-13(12)9-23-19-14-5-7-22-18(14)24-11-25-19/h2-5,7,11-13H,6,8-10H2,1H3,(H2,22,23,24,25). The van der Waals surface area contributed by atoms with Gasteiger partial charge in [0.2, 0.25) is 10.0 Å². The van der Waals surface area contributed by atoms with E-state index in [2.05, 4.69) is 20.3 Å². The van der Waals surface area contributed by atoms with Gasteiger partial charge in [0.1, 0.15) is 29.4 Å². The number of fused-ring (bicyclic) bond motifs is 1. The molecule has 0 saturated carbocycles. The number of aromatic nitrogens is 3. The molecule has 0 aliphatic carbocycles. The Labute approximate surface area is 167 Å². The fourth-order valence-electron chi connectivity index (χ4n) is 3.70. The molecule has 1 aromatic carbocycles. The van der Waals surface area contributed by atoms with Crippen LogP contribution in [-0.4, -0.2) is 47.3 Å². The molecular formula is C19H21F2N5O2S. The minimum Gasteiger partial charge on any atom is -0.369 e. The van der Waals surface area contributed by atoms with Crippen molar-refractivity contribution >= 4 is 26.9 Å². The van der Waals surface area contributed by atoms with Gasteiger partial charge in [-0.15, -0.1) is 0 Å². The lowest BCUT2D eigenvalue weighted by Gasteiger charge is -2.36. The number of benzene rings is 1. The first-order chi connectivity index (χ1) is 13.9. The van der Waals surface area contributed by atoms with Crippen molar-refractivity contribution in [3.63, 3.8) is 0 Å². The SMILES string of the molecule is CC1CCN(S(=O)(=O)c2c(F)cccc2F)CC1CNc1ncnc2[nH]ccc12. The fraction of sp³-hybridized carbons (Fsp3) is 0.368. The Balaban J connectivity index is 1.53. The van der Waals surface area contributed by atoms with Crippen molar-refractivity contribution in [2.75, 3.05) is 25.0 Å². The van der Waals surface area contributed by atoms with Gasteiger partial charge in [-0.2, -0.15) is 4.31 Å². The van der Waals surface area contributed by atoms with Gasteiger partial charge in [-0.05, 0) is 36.5 Å². The van der Waals surface area contributed by atoms with Crippen molar-refractivity contribution < 1.29 is 17.2 Å². The van der Waals surface area contributed by atoms with Crippen LogP contribution in [0.4, 0.5) is 14.6 Å². The predicted molar refractivity (Wildman–Crippen MR) is 105 cm³/mol. The zero-order valence-corrected chi connectivity index (χ0v) is 16.6. The van der Waals surface area contributed by atoms with Crippen molar-refractivity contribution in [2.45, 2.75) is 18.2 Å². The van der Waals surface area contributed by atoms with Gasteiger partial charge >= 0.3 is 0 Å². The number of piperidine rings is 1. The molecule has 7 nitrogen and oxygen atoms in total. The van der Waals surface area contributed by atoms with Crippen molar-refractivity contribution in [1.29, 1.82) is 0 Å². The van der Waals surface area contributed by atoms with Crippen LogP contribution in [-0.2, 0) is 10.0 Å². The number of halogens is 2. The first-order valence-electron chi connectivity index (χ1n) is 9.34. The quantitative estimate of drug-likeness (QED) is 0.661. The summed E-state index contributed by atoms with van der Waals surface area (Å²) in [4.78, 5) is 10.5. The van der Waals surface area contributed by atoms with Gasteiger partial charge in [0.25, 0.3) is 0 Å². The summed E-state index contributed by atoms with van der Waals surface area (Å²) in [5, 5.41) is 4.11. The van der Waals surface area contributed by atoms with Gasteiger partial charge in [-0.1, -0.05) is 13.0 Å². The van der Waals surface area contributed by atoms with Gasteiger partial charge in [-0.3, -0.25) is 0 Å². The van der Waals surface area contributed by atoms with Crippen molar-refractivity contribution in [3.05, 3.63) is 48.4 Å². The van der Waals surface area contributed by atoms with E-state index in [4.69, 9.17) is 0 Å². The van der Waals surface area contributed by atoms with E-state index in [9.17, 15) is 17.2 Å².